The predicted molar refractivity (Wildman–Crippen MR) is 129 cm³/mol. The number of ether oxygens (including phenoxy) is 3. The topological polar surface area (TPSA) is 75.0 Å². The normalized spacial score (nSPS) is 14.5. The monoisotopic (exact) mass is 482 g/mol. The van der Waals surface area contributed by atoms with Crippen LogP contribution in [0.4, 0.5) is 0 Å². The second kappa shape index (κ2) is 9.56. The molecule has 4 aromatic rings. The zero-order valence-electron chi connectivity index (χ0n) is 18.4. The molecule has 7 nitrogen and oxygen atoms in total. The minimum Gasteiger partial charge on any atom is -0.497 e. The summed E-state index contributed by atoms with van der Waals surface area (Å²) in [6.07, 6.45) is 0. The SMILES string of the molecule is COc1ccc(C(C)=O)c(Oc2nc(C[NH+]3CCOCC3)nc3scc(-c4cccs4)c23)c1. The minimum absolute atomic E-state index is 0.0836. The number of nitrogens with zero attached hydrogens (tertiary/aromatic N) is 2. The largest absolute Gasteiger partial charge is 0.497 e. The summed E-state index contributed by atoms with van der Waals surface area (Å²) in [7, 11) is 1.59. The third-order valence-electron chi connectivity index (χ3n) is 5.62. The quantitative estimate of drug-likeness (QED) is 0.404. The fourth-order valence-corrected chi connectivity index (χ4v) is 5.66. The molecule has 1 saturated heterocycles. The van der Waals surface area contributed by atoms with Crippen LogP contribution >= 0.6 is 22.7 Å². The molecule has 170 valence electrons. The van der Waals surface area contributed by atoms with Gasteiger partial charge in [0.15, 0.2) is 11.6 Å². The van der Waals surface area contributed by atoms with Crippen molar-refractivity contribution in [1.82, 2.24) is 9.97 Å². The first-order valence-corrected chi connectivity index (χ1v) is 12.5. The van der Waals surface area contributed by atoms with Gasteiger partial charge in [0.2, 0.25) is 5.88 Å². The molecule has 33 heavy (non-hydrogen) atoms. The van der Waals surface area contributed by atoms with Gasteiger partial charge >= 0.3 is 0 Å². The van der Waals surface area contributed by atoms with Gasteiger partial charge in [0.25, 0.3) is 0 Å². The summed E-state index contributed by atoms with van der Waals surface area (Å²) in [5.41, 5.74) is 1.52. The van der Waals surface area contributed by atoms with Crippen molar-refractivity contribution >= 4 is 38.7 Å². The number of benzene rings is 1. The second-order valence-corrected chi connectivity index (χ2v) is 9.62. The molecule has 4 heterocycles. The molecule has 1 fully saturated rings. The summed E-state index contributed by atoms with van der Waals surface area (Å²) in [4.78, 5) is 25.4. The van der Waals surface area contributed by atoms with Crippen LogP contribution in [0.2, 0.25) is 0 Å². The van der Waals surface area contributed by atoms with Crippen LogP contribution in [0, 0.1) is 0 Å². The van der Waals surface area contributed by atoms with Gasteiger partial charge in [-0.2, -0.15) is 4.98 Å². The molecule has 1 aliphatic rings. The Kier molecular flexibility index (Phi) is 6.37. The minimum atomic E-state index is -0.0836. The van der Waals surface area contributed by atoms with Crippen molar-refractivity contribution in [2.45, 2.75) is 13.5 Å². The fraction of sp³-hybridized carbons (Fsp3) is 0.292. The Hall–Kier alpha value is -2.85. The van der Waals surface area contributed by atoms with Gasteiger partial charge in [-0.1, -0.05) is 6.07 Å². The molecular weight excluding hydrogens is 458 g/mol. The van der Waals surface area contributed by atoms with E-state index >= 15 is 0 Å². The van der Waals surface area contributed by atoms with E-state index in [1.54, 1.807) is 48.0 Å². The number of fused-ring (bicyclic) bond motifs is 1. The summed E-state index contributed by atoms with van der Waals surface area (Å²) >= 11 is 3.24. The fourth-order valence-electron chi connectivity index (χ4n) is 3.89. The van der Waals surface area contributed by atoms with Gasteiger partial charge in [-0.15, -0.1) is 22.7 Å². The van der Waals surface area contributed by atoms with E-state index in [0.717, 1.165) is 52.8 Å². The lowest BCUT2D eigenvalue weighted by atomic mass is 10.1. The number of thiophene rings is 2. The number of nitrogens with one attached hydrogen (secondary N) is 1. The molecule has 1 aromatic carbocycles. The third-order valence-corrected chi connectivity index (χ3v) is 7.39. The molecule has 9 heteroatoms. The molecule has 0 unspecified atom stereocenters. The third kappa shape index (κ3) is 4.63. The number of morpholine rings is 1. The molecule has 0 spiro atoms. The van der Waals surface area contributed by atoms with Gasteiger partial charge in [0, 0.05) is 21.9 Å². The molecule has 0 amide bonds. The average molecular weight is 483 g/mol. The number of carbonyl (C=O) groups is 1. The van der Waals surface area contributed by atoms with Crippen LogP contribution in [0.3, 0.4) is 0 Å². The lowest BCUT2D eigenvalue weighted by Gasteiger charge is -2.23. The Morgan fingerprint density at radius 3 is 2.76 bits per heavy atom. The van der Waals surface area contributed by atoms with E-state index in [1.807, 2.05) is 11.4 Å². The van der Waals surface area contributed by atoms with E-state index in [-0.39, 0.29) is 5.78 Å². The van der Waals surface area contributed by atoms with Crippen molar-refractivity contribution < 1.29 is 23.9 Å². The molecule has 0 radical (unpaired) electrons. The first-order chi connectivity index (χ1) is 16.1. The van der Waals surface area contributed by atoms with Crippen molar-refractivity contribution in [3.8, 4) is 27.8 Å². The van der Waals surface area contributed by atoms with Crippen LogP contribution in [-0.4, -0.2) is 49.2 Å². The summed E-state index contributed by atoms with van der Waals surface area (Å²) in [5.74, 6) is 2.14. The number of carbonyl (C=O) groups excluding carboxylic acids is 1. The standard InChI is InChI=1S/C24H23N3O4S2/c1-15(28)17-6-5-16(29-2)12-19(17)31-23-22-18(20-4-3-11-32-20)14-33-24(22)26-21(25-23)13-27-7-9-30-10-8-27/h3-6,11-12,14H,7-10,13H2,1-2H3/p+1. The van der Waals surface area contributed by atoms with E-state index in [9.17, 15) is 4.79 Å². The predicted octanol–water partition coefficient (Wildman–Crippen LogP) is 3.84. The van der Waals surface area contributed by atoms with Gasteiger partial charge in [-0.05, 0) is 30.5 Å². The van der Waals surface area contributed by atoms with Crippen LogP contribution in [0.1, 0.15) is 23.1 Å². The van der Waals surface area contributed by atoms with Gasteiger partial charge in [0.05, 0.1) is 31.3 Å². The second-order valence-electron chi connectivity index (χ2n) is 7.81. The number of hydrogen-bond donors (Lipinski definition) is 1. The Morgan fingerprint density at radius 2 is 2.03 bits per heavy atom. The number of aromatic nitrogens is 2. The number of hydrogen-bond acceptors (Lipinski definition) is 8. The maximum atomic E-state index is 12.3. The smallest absolute Gasteiger partial charge is 0.232 e. The molecular formula is C24H24N3O4S2+. The van der Waals surface area contributed by atoms with Crippen LogP contribution < -0.4 is 14.4 Å². The summed E-state index contributed by atoms with van der Waals surface area (Å²) in [6.45, 7) is 5.56. The highest BCUT2D eigenvalue weighted by Crippen LogP contribution is 2.41. The molecule has 0 aliphatic carbocycles. The van der Waals surface area contributed by atoms with E-state index in [2.05, 4.69) is 11.4 Å². The molecule has 5 rings (SSSR count). The lowest BCUT2D eigenvalue weighted by Crippen LogP contribution is -3.12. The number of rotatable bonds is 7. The van der Waals surface area contributed by atoms with Gasteiger partial charge in [0.1, 0.15) is 36.0 Å². The lowest BCUT2D eigenvalue weighted by molar-refractivity contribution is -0.922. The number of methoxy groups -OCH3 is 1. The van der Waals surface area contributed by atoms with E-state index in [0.29, 0.717) is 29.5 Å². The van der Waals surface area contributed by atoms with Gasteiger partial charge in [-0.3, -0.25) is 4.79 Å². The first kappa shape index (κ1) is 22.0. The molecule has 0 saturated carbocycles. The van der Waals surface area contributed by atoms with E-state index < -0.39 is 0 Å². The van der Waals surface area contributed by atoms with E-state index in [1.165, 1.54) is 11.8 Å². The van der Waals surface area contributed by atoms with Crippen molar-refractivity contribution in [2.24, 2.45) is 0 Å². The Bertz CT molecular complexity index is 1280. The molecule has 0 bridgehead atoms. The van der Waals surface area contributed by atoms with Gasteiger partial charge in [-0.25, -0.2) is 4.98 Å². The molecule has 3 aromatic heterocycles. The Morgan fingerprint density at radius 1 is 1.18 bits per heavy atom. The highest BCUT2D eigenvalue weighted by Gasteiger charge is 2.22. The van der Waals surface area contributed by atoms with Gasteiger partial charge < -0.3 is 19.1 Å². The van der Waals surface area contributed by atoms with E-state index in [4.69, 9.17) is 24.2 Å². The van der Waals surface area contributed by atoms with Crippen molar-refractivity contribution in [3.05, 3.63) is 52.5 Å². The number of Topliss-reactive ketones (excluding diaryl/α,β-unsaturated/α-hetero) is 1. The maximum Gasteiger partial charge on any atom is 0.232 e. The average Bonchev–Trinajstić information content (AvgIpc) is 3.49. The maximum absolute atomic E-state index is 12.3. The highest BCUT2D eigenvalue weighted by molar-refractivity contribution is 7.18. The number of ketones is 1. The Labute approximate surface area is 199 Å². The first-order valence-electron chi connectivity index (χ1n) is 10.7. The van der Waals surface area contributed by atoms with Crippen LogP contribution in [0.5, 0.6) is 17.4 Å². The Balaban J connectivity index is 1.62. The molecule has 1 aliphatic heterocycles. The van der Waals surface area contributed by atoms with Crippen molar-refractivity contribution in [2.75, 3.05) is 33.4 Å². The van der Waals surface area contributed by atoms with Crippen LogP contribution in [-0.2, 0) is 11.3 Å². The summed E-state index contributed by atoms with van der Waals surface area (Å²) in [6, 6.07) is 9.31. The molecule has 0 atom stereocenters. The number of quaternary nitrogens is 1. The molecule has 1 N–H and O–H groups in total. The summed E-state index contributed by atoms with van der Waals surface area (Å²) < 4.78 is 17.2. The zero-order chi connectivity index (χ0) is 22.8. The van der Waals surface area contributed by atoms with Crippen LogP contribution in [0.15, 0.2) is 41.1 Å². The van der Waals surface area contributed by atoms with Crippen molar-refractivity contribution in [1.29, 1.82) is 0 Å². The summed E-state index contributed by atoms with van der Waals surface area (Å²) in [5, 5.41) is 5.01. The zero-order valence-corrected chi connectivity index (χ0v) is 20.1. The van der Waals surface area contributed by atoms with Crippen molar-refractivity contribution in [3.63, 3.8) is 0 Å². The highest BCUT2D eigenvalue weighted by atomic mass is 32.1. The van der Waals surface area contributed by atoms with Crippen LogP contribution in [0.25, 0.3) is 20.7 Å².